The molecule has 98 valence electrons. The highest BCUT2D eigenvalue weighted by Gasteiger charge is 2.07. The lowest BCUT2D eigenvalue weighted by atomic mass is 10.1. The number of carbonyl (C=O) groups is 1. The first-order valence-electron chi connectivity index (χ1n) is 5.73. The van der Waals surface area contributed by atoms with Crippen LogP contribution in [0, 0.1) is 0 Å². The summed E-state index contributed by atoms with van der Waals surface area (Å²) in [6.45, 7) is 3.66. The highest BCUT2D eigenvalue weighted by atomic mass is 16.5. The molecule has 0 radical (unpaired) electrons. The van der Waals surface area contributed by atoms with Crippen molar-refractivity contribution < 1.29 is 14.1 Å². The number of ether oxygens (including phenoxy) is 1. The molecule has 2 aromatic rings. The van der Waals surface area contributed by atoms with Crippen molar-refractivity contribution in [2.75, 3.05) is 7.11 Å². The minimum Gasteiger partial charge on any atom is -0.497 e. The fourth-order valence-corrected chi connectivity index (χ4v) is 1.54. The molecular formula is C14H14N2O3. The molecular weight excluding hydrogens is 244 g/mol. The maximum atomic E-state index is 11.0. The number of nitrogens with zero attached hydrogens (tertiary/aromatic N) is 1. The van der Waals surface area contributed by atoms with E-state index in [1.54, 1.807) is 13.2 Å². The van der Waals surface area contributed by atoms with Gasteiger partial charge >= 0.3 is 0 Å². The summed E-state index contributed by atoms with van der Waals surface area (Å²) in [7, 11) is 1.62. The van der Waals surface area contributed by atoms with Crippen molar-refractivity contribution in [1.29, 1.82) is 0 Å². The lowest BCUT2D eigenvalue weighted by molar-refractivity contribution is -0.116. The van der Waals surface area contributed by atoms with E-state index in [2.05, 4.69) is 17.1 Å². The monoisotopic (exact) mass is 258 g/mol. The molecule has 5 nitrogen and oxygen atoms in total. The zero-order valence-corrected chi connectivity index (χ0v) is 10.6. The van der Waals surface area contributed by atoms with E-state index < -0.39 is 0 Å². The third-order valence-electron chi connectivity index (χ3n) is 2.57. The molecule has 1 amide bonds. The first-order valence-corrected chi connectivity index (χ1v) is 5.73. The van der Waals surface area contributed by atoms with Crippen LogP contribution in [0.2, 0.25) is 0 Å². The molecule has 0 saturated heterocycles. The zero-order valence-electron chi connectivity index (χ0n) is 10.6. The Hall–Kier alpha value is -2.56. The van der Waals surface area contributed by atoms with Gasteiger partial charge < -0.3 is 14.6 Å². The van der Waals surface area contributed by atoms with Gasteiger partial charge in [0.25, 0.3) is 0 Å². The number of benzene rings is 1. The van der Waals surface area contributed by atoms with Crippen molar-refractivity contribution in [2.45, 2.75) is 6.54 Å². The third kappa shape index (κ3) is 3.22. The summed E-state index contributed by atoms with van der Waals surface area (Å²) in [6.07, 6.45) is 1.21. The molecule has 0 atom stereocenters. The number of amides is 1. The van der Waals surface area contributed by atoms with Crippen LogP contribution in [-0.2, 0) is 11.3 Å². The molecule has 0 unspecified atom stereocenters. The Kier molecular flexibility index (Phi) is 3.97. The van der Waals surface area contributed by atoms with Crippen LogP contribution in [-0.4, -0.2) is 18.2 Å². The van der Waals surface area contributed by atoms with Gasteiger partial charge in [-0.2, -0.15) is 0 Å². The highest BCUT2D eigenvalue weighted by molar-refractivity contribution is 5.86. The van der Waals surface area contributed by atoms with E-state index in [4.69, 9.17) is 9.26 Å². The lowest BCUT2D eigenvalue weighted by Gasteiger charge is -1.99. The van der Waals surface area contributed by atoms with Gasteiger partial charge in [0, 0.05) is 11.6 Å². The second kappa shape index (κ2) is 5.86. The van der Waals surface area contributed by atoms with Gasteiger partial charge in [0.05, 0.1) is 13.7 Å². The van der Waals surface area contributed by atoms with Gasteiger partial charge in [-0.25, -0.2) is 0 Å². The van der Waals surface area contributed by atoms with Gasteiger partial charge in [-0.05, 0) is 30.3 Å². The molecule has 19 heavy (non-hydrogen) atoms. The third-order valence-corrected chi connectivity index (χ3v) is 2.57. The van der Waals surface area contributed by atoms with Crippen molar-refractivity contribution in [3.63, 3.8) is 0 Å². The van der Waals surface area contributed by atoms with E-state index >= 15 is 0 Å². The molecule has 0 bridgehead atoms. The lowest BCUT2D eigenvalue weighted by Crippen LogP contribution is -2.19. The Bertz CT molecular complexity index is 573. The molecule has 0 aliphatic rings. The Morgan fingerprint density at radius 2 is 2.21 bits per heavy atom. The summed E-state index contributed by atoms with van der Waals surface area (Å²) in [4.78, 5) is 11.0. The molecule has 0 aliphatic carbocycles. The minimum atomic E-state index is -0.248. The van der Waals surface area contributed by atoms with Crippen LogP contribution in [0.25, 0.3) is 11.3 Å². The van der Waals surface area contributed by atoms with Crippen molar-refractivity contribution >= 4 is 5.91 Å². The summed E-state index contributed by atoms with van der Waals surface area (Å²) in [5, 5.41) is 6.57. The van der Waals surface area contributed by atoms with Gasteiger partial charge in [-0.3, -0.25) is 4.79 Å². The van der Waals surface area contributed by atoms with Crippen molar-refractivity contribution in [1.82, 2.24) is 10.5 Å². The van der Waals surface area contributed by atoms with Crippen molar-refractivity contribution in [3.8, 4) is 17.0 Å². The molecule has 1 aromatic heterocycles. The van der Waals surface area contributed by atoms with Crippen LogP contribution in [0.4, 0.5) is 0 Å². The summed E-state index contributed by atoms with van der Waals surface area (Å²) < 4.78 is 10.2. The van der Waals surface area contributed by atoms with Gasteiger partial charge in [0.2, 0.25) is 5.91 Å². The highest BCUT2D eigenvalue weighted by Crippen LogP contribution is 2.21. The Balaban J connectivity index is 2.07. The number of methoxy groups -OCH3 is 1. The smallest absolute Gasteiger partial charge is 0.243 e. The van der Waals surface area contributed by atoms with Gasteiger partial charge in [-0.15, -0.1) is 0 Å². The predicted octanol–water partition coefficient (Wildman–Crippen LogP) is 2.15. The molecule has 0 fully saturated rings. The number of aromatic nitrogens is 1. The van der Waals surface area contributed by atoms with E-state index in [1.165, 1.54) is 6.08 Å². The normalized spacial score (nSPS) is 9.95. The quantitative estimate of drug-likeness (QED) is 0.835. The number of hydrogen-bond acceptors (Lipinski definition) is 4. The van der Waals surface area contributed by atoms with Gasteiger partial charge in [0.15, 0.2) is 5.76 Å². The zero-order chi connectivity index (χ0) is 13.7. The van der Waals surface area contributed by atoms with Gasteiger partial charge in [-0.1, -0.05) is 11.7 Å². The van der Waals surface area contributed by atoms with Crippen LogP contribution in [0.1, 0.15) is 5.76 Å². The largest absolute Gasteiger partial charge is 0.497 e. The fourth-order valence-electron chi connectivity index (χ4n) is 1.54. The van der Waals surface area contributed by atoms with E-state index in [9.17, 15) is 4.79 Å². The van der Waals surface area contributed by atoms with Crippen molar-refractivity contribution in [2.24, 2.45) is 0 Å². The summed E-state index contributed by atoms with van der Waals surface area (Å²) in [5.41, 5.74) is 1.64. The first kappa shape index (κ1) is 12.9. The minimum absolute atomic E-state index is 0.248. The SMILES string of the molecule is C=CC(=O)NCc1cc(-c2ccc(OC)cc2)no1. The molecule has 0 spiro atoms. The summed E-state index contributed by atoms with van der Waals surface area (Å²) in [5.74, 6) is 1.12. The molecule has 1 heterocycles. The number of hydrogen-bond donors (Lipinski definition) is 1. The summed E-state index contributed by atoms with van der Waals surface area (Å²) >= 11 is 0. The standard InChI is InChI=1S/C14H14N2O3/c1-3-14(17)15-9-12-8-13(16-19-12)10-4-6-11(18-2)7-5-10/h3-8H,1,9H2,2H3,(H,15,17). The van der Waals surface area contributed by atoms with Crippen LogP contribution < -0.4 is 10.1 Å². The second-order valence-electron chi connectivity index (χ2n) is 3.83. The van der Waals surface area contributed by atoms with Gasteiger partial charge in [0.1, 0.15) is 11.4 Å². The van der Waals surface area contributed by atoms with E-state index in [0.29, 0.717) is 11.5 Å². The Morgan fingerprint density at radius 1 is 1.47 bits per heavy atom. The fraction of sp³-hybridized carbons (Fsp3) is 0.143. The van der Waals surface area contributed by atoms with Crippen molar-refractivity contribution in [3.05, 3.63) is 48.7 Å². The number of nitrogens with one attached hydrogen (secondary N) is 1. The summed E-state index contributed by atoms with van der Waals surface area (Å²) in [6, 6.07) is 9.27. The van der Waals surface area contributed by atoms with Crippen LogP contribution in [0.5, 0.6) is 5.75 Å². The van der Waals surface area contributed by atoms with E-state index in [0.717, 1.165) is 11.3 Å². The van der Waals surface area contributed by atoms with Crippen LogP contribution >= 0.6 is 0 Å². The maximum absolute atomic E-state index is 11.0. The van der Waals surface area contributed by atoms with E-state index in [1.807, 2.05) is 24.3 Å². The first-order chi connectivity index (χ1) is 9.22. The molecule has 5 heteroatoms. The average Bonchev–Trinajstić information content (AvgIpc) is 2.93. The maximum Gasteiger partial charge on any atom is 0.243 e. The Morgan fingerprint density at radius 3 is 2.84 bits per heavy atom. The van der Waals surface area contributed by atoms with E-state index in [-0.39, 0.29) is 12.5 Å². The van der Waals surface area contributed by atoms with Crippen LogP contribution in [0.15, 0.2) is 47.5 Å². The predicted molar refractivity (Wildman–Crippen MR) is 70.5 cm³/mol. The molecule has 0 aliphatic heterocycles. The van der Waals surface area contributed by atoms with Crippen LogP contribution in [0.3, 0.4) is 0 Å². The number of rotatable bonds is 5. The molecule has 2 rings (SSSR count). The second-order valence-corrected chi connectivity index (χ2v) is 3.83. The topological polar surface area (TPSA) is 64.4 Å². The Labute approximate surface area is 110 Å². The molecule has 1 aromatic carbocycles. The molecule has 1 N–H and O–H groups in total. The number of carbonyl (C=O) groups excluding carboxylic acids is 1. The molecule has 0 saturated carbocycles. The average molecular weight is 258 g/mol.